The molecule has 6 nitrogen and oxygen atoms in total. The van der Waals surface area contributed by atoms with Gasteiger partial charge >= 0.3 is 0 Å². The normalized spacial score (nSPS) is 15.6. The summed E-state index contributed by atoms with van der Waals surface area (Å²) in [4.78, 5) is 11.3. The minimum atomic E-state index is -0.399. The van der Waals surface area contributed by atoms with Crippen LogP contribution >= 0.6 is 0 Å². The fraction of sp³-hybridized carbons (Fsp3) is 0.500. The van der Waals surface area contributed by atoms with Crippen molar-refractivity contribution in [1.29, 1.82) is 0 Å². The van der Waals surface area contributed by atoms with Gasteiger partial charge in [0.1, 0.15) is 0 Å². The van der Waals surface area contributed by atoms with Crippen molar-refractivity contribution >= 4 is 11.6 Å². The number of nitrogens with two attached hydrogens (primary N) is 2. The molecule has 5 N–H and O–H groups in total. The number of hydrogen-bond donors (Lipinski definition) is 3. The number of nitrogens with one attached hydrogen (secondary N) is 1. The fourth-order valence-corrected chi connectivity index (χ4v) is 1.56. The van der Waals surface area contributed by atoms with Gasteiger partial charge in [0.25, 0.3) is 5.91 Å². The summed E-state index contributed by atoms with van der Waals surface area (Å²) in [5, 5.41) is 4.22. The van der Waals surface area contributed by atoms with Crippen molar-refractivity contribution < 1.29 is 4.79 Å². The molecule has 0 saturated heterocycles. The first kappa shape index (κ1) is 9.01. The van der Waals surface area contributed by atoms with Gasteiger partial charge in [-0.2, -0.15) is 5.10 Å². The van der Waals surface area contributed by atoms with Gasteiger partial charge in [-0.3, -0.25) is 14.9 Å². The Bertz CT molecular complexity index is 379. The number of carbonyl (C=O) groups excluding carboxylic acids is 1. The number of nitrogens with zero attached hydrogens (tertiary/aromatic N) is 2. The van der Waals surface area contributed by atoms with Crippen molar-refractivity contribution in [3.63, 3.8) is 0 Å². The van der Waals surface area contributed by atoms with Gasteiger partial charge in [-0.15, -0.1) is 0 Å². The van der Waals surface area contributed by atoms with Crippen LogP contribution in [-0.2, 0) is 7.05 Å². The number of nitrogen functional groups attached to an aromatic ring is 2. The van der Waals surface area contributed by atoms with Crippen LogP contribution in [0.2, 0.25) is 0 Å². The minimum Gasteiger partial charge on any atom is -0.395 e. The quantitative estimate of drug-likeness (QED) is 0.336. The van der Waals surface area contributed by atoms with Gasteiger partial charge in [0.15, 0.2) is 5.69 Å². The number of rotatable bonds is 2. The van der Waals surface area contributed by atoms with E-state index in [9.17, 15) is 4.79 Å². The Morgan fingerprint density at radius 3 is 2.79 bits per heavy atom. The standard InChI is InChI=1S/C8H13N5O/c1-13-7(8(14)11-10)5(9)6(12-13)4-2-3-4/h4H,2-3,9-10H2,1H3,(H,11,14). The van der Waals surface area contributed by atoms with Crippen LogP contribution < -0.4 is 17.0 Å². The maximum absolute atomic E-state index is 11.3. The van der Waals surface area contributed by atoms with E-state index in [0.29, 0.717) is 17.3 Å². The molecule has 1 aliphatic rings. The van der Waals surface area contributed by atoms with Crippen molar-refractivity contribution in [3.05, 3.63) is 11.4 Å². The lowest BCUT2D eigenvalue weighted by molar-refractivity contribution is 0.0945. The van der Waals surface area contributed by atoms with Crippen LogP contribution in [0.4, 0.5) is 5.69 Å². The van der Waals surface area contributed by atoms with E-state index in [0.717, 1.165) is 18.5 Å². The minimum absolute atomic E-state index is 0.342. The molecular weight excluding hydrogens is 182 g/mol. The largest absolute Gasteiger partial charge is 0.395 e. The second-order valence-corrected chi connectivity index (χ2v) is 3.52. The summed E-state index contributed by atoms with van der Waals surface area (Å²) in [6.07, 6.45) is 2.20. The van der Waals surface area contributed by atoms with E-state index >= 15 is 0 Å². The SMILES string of the molecule is Cn1nc(C2CC2)c(N)c1C(=O)NN. The molecule has 0 spiro atoms. The third kappa shape index (κ3) is 1.24. The molecule has 1 amide bonds. The van der Waals surface area contributed by atoms with Crippen molar-refractivity contribution in [2.75, 3.05) is 5.73 Å². The number of carbonyl (C=O) groups is 1. The van der Waals surface area contributed by atoms with Crippen LogP contribution in [0.15, 0.2) is 0 Å². The summed E-state index contributed by atoms with van der Waals surface area (Å²) in [7, 11) is 1.69. The zero-order valence-corrected chi connectivity index (χ0v) is 7.95. The molecule has 0 bridgehead atoms. The first-order valence-electron chi connectivity index (χ1n) is 4.48. The second-order valence-electron chi connectivity index (χ2n) is 3.52. The van der Waals surface area contributed by atoms with Crippen molar-refractivity contribution in [2.24, 2.45) is 12.9 Å². The summed E-state index contributed by atoms with van der Waals surface area (Å²) >= 11 is 0. The van der Waals surface area contributed by atoms with E-state index in [4.69, 9.17) is 11.6 Å². The fourth-order valence-electron chi connectivity index (χ4n) is 1.56. The van der Waals surface area contributed by atoms with E-state index in [2.05, 4.69) is 10.5 Å². The molecule has 1 aromatic heterocycles. The maximum Gasteiger partial charge on any atom is 0.285 e. The molecule has 14 heavy (non-hydrogen) atoms. The predicted molar refractivity (Wildman–Crippen MR) is 51.2 cm³/mol. The Morgan fingerprint density at radius 2 is 2.29 bits per heavy atom. The molecular formula is C8H13N5O. The van der Waals surface area contributed by atoms with Gasteiger partial charge < -0.3 is 5.73 Å². The Kier molecular flexibility index (Phi) is 1.92. The number of amides is 1. The lowest BCUT2D eigenvalue weighted by Gasteiger charge is -2.00. The smallest absolute Gasteiger partial charge is 0.285 e. The van der Waals surface area contributed by atoms with Crippen molar-refractivity contribution in [3.8, 4) is 0 Å². The summed E-state index contributed by atoms with van der Waals surface area (Å²) in [5.41, 5.74) is 9.50. The van der Waals surface area contributed by atoms with E-state index in [1.807, 2.05) is 0 Å². The molecule has 0 radical (unpaired) electrons. The topological polar surface area (TPSA) is 99.0 Å². The highest BCUT2D eigenvalue weighted by Gasteiger charge is 2.31. The van der Waals surface area contributed by atoms with Gasteiger partial charge in [0.2, 0.25) is 0 Å². The lowest BCUT2D eigenvalue weighted by Crippen LogP contribution is -2.32. The highest BCUT2D eigenvalue weighted by molar-refractivity contribution is 5.97. The number of hydrazine groups is 1. The first-order chi connectivity index (χ1) is 6.65. The Morgan fingerprint density at radius 1 is 1.64 bits per heavy atom. The van der Waals surface area contributed by atoms with Crippen molar-refractivity contribution in [1.82, 2.24) is 15.2 Å². The van der Waals surface area contributed by atoms with Gasteiger partial charge in [0.05, 0.1) is 11.4 Å². The summed E-state index contributed by atoms with van der Waals surface area (Å²) in [6, 6.07) is 0. The molecule has 1 aliphatic carbocycles. The van der Waals surface area contributed by atoms with Gasteiger partial charge in [-0.25, -0.2) is 5.84 Å². The molecule has 2 rings (SSSR count). The molecule has 1 fully saturated rings. The maximum atomic E-state index is 11.3. The summed E-state index contributed by atoms with van der Waals surface area (Å²) in [5.74, 6) is 5.08. The zero-order chi connectivity index (χ0) is 10.3. The summed E-state index contributed by atoms with van der Waals surface area (Å²) in [6.45, 7) is 0. The van der Waals surface area contributed by atoms with Crippen LogP contribution in [0.3, 0.4) is 0 Å². The van der Waals surface area contributed by atoms with Crippen LogP contribution in [-0.4, -0.2) is 15.7 Å². The number of aryl methyl sites for hydroxylation is 1. The van der Waals surface area contributed by atoms with Crippen LogP contribution in [0, 0.1) is 0 Å². The molecule has 1 heterocycles. The molecule has 0 aliphatic heterocycles. The second kappa shape index (κ2) is 2.98. The third-order valence-electron chi connectivity index (χ3n) is 2.42. The van der Waals surface area contributed by atoms with E-state index in [-0.39, 0.29) is 0 Å². The average Bonchev–Trinajstić information content (AvgIpc) is 2.93. The summed E-state index contributed by atoms with van der Waals surface area (Å²) < 4.78 is 1.48. The third-order valence-corrected chi connectivity index (χ3v) is 2.42. The molecule has 1 aromatic rings. The number of hydrogen-bond acceptors (Lipinski definition) is 4. The Labute approximate surface area is 81.2 Å². The van der Waals surface area contributed by atoms with Gasteiger partial charge in [-0.05, 0) is 12.8 Å². The number of aromatic nitrogens is 2. The van der Waals surface area contributed by atoms with E-state index in [1.165, 1.54) is 4.68 Å². The Hall–Kier alpha value is -1.56. The zero-order valence-electron chi connectivity index (χ0n) is 7.95. The molecule has 0 aromatic carbocycles. The van der Waals surface area contributed by atoms with Crippen LogP contribution in [0.25, 0.3) is 0 Å². The highest BCUT2D eigenvalue weighted by atomic mass is 16.2. The molecule has 1 saturated carbocycles. The first-order valence-corrected chi connectivity index (χ1v) is 4.48. The monoisotopic (exact) mass is 195 g/mol. The molecule has 0 unspecified atom stereocenters. The van der Waals surface area contributed by atoms with Crippen LogP contribution in [0.1, 0.15) is 34.9 Å². The molecule has 76 valence electrons. The predicted octanol–water partition coefficient (Wildman–Crippen LogP) is -0.517. The van der Waals surface area contributed by atoms with Crippen molar-refractivity contribution in [2.45, 2.75) is 18.8 Å². The van der Waals surface area contributed by atoms with Crippen LogP contribution in [0.5, 0.6) is 0 Å². The van der Waals surface area contributed by atoms with Gasteiger partial charge in [-0.1, -0.05) is 0 Å². The lowest BCUT2D eigenvalue weighted by atomic mass is 10.2. The Balaban J connectivity index is 2.43. The molecule has 6 heteroatoms. The average molecular weight is 195 g/mol. The van der Waals surface area contributed by atoms with Gasteiger partial charge in [0, 0.05) is 13.0 Å². The highest BCUT2D eigenvalue weighted by Crippen LogP contribution is 2.42. The molecule has 0 atom stereocenters. The van der Waals surface area contributed by atoms with E-state index in [1.54, 1.807) is 7.05 Å². The van der Waals surface area contributed by atoms with E-state index < -0.39 is 5.91 Å². The number of anilines is 1.